The van der Waals surface area contributed by atoms with Gasteiger partial charge in [-0.2, -0.15) is 4.39 Å². The van der Waals surface area contributed by atoms with Crippen molar-refractivity contribution in [3.05, 3.63) is 47.7 Å². The molecule has 3 N–H and O–H groups in total. The molecule has 190 valence electrons. The fourth-order valence-electron chi connectivity index (χ4n) is 5.82. The van der Waals surface area contributed by atoms with Crippen LogP contribution < -0.4 is 15.2 Å². The summed E-state index contributed by atoms with van der Waals surface area (Å²) in [5.41, 5.74) is 0.728. The van der Waals surface area contributed by atoms with Gasteiger partial charge in [0.05, 0.1) is 7.11 Å². The van der Waals surface area contributed by atoms with Crippen molar-refractivity contribution in [2.45, 2.75) is 62.3 Å². The van der Waals surface area contributed by atoms with Crippen LogP contribution in [0.2, 0.25) is 0 Å². The number of nitrogens with two attached hydrogens (primary N) is 1. The zero-order chi connectivity index (χ0) is 25.2. The Bertz CT molecular complexity index is 1190. The highest BCUT2D eigenvalue weighted by atomic mass is 32.2. The van der Waals surface area contributed by atoms with Gasteiger partial charge in [-0.3, -0.25) is 4.79 Å². The smallest absolute Gasteiger partial charge is 0.255 e. The number of ether oxygens (including phenoxy) is 1. The normalized spacial score (nSPS) is 23.6. The van der Waals surface area contributed by atoms with E-state index in [1.54, 1.807) is 0 Å². The zero-order valence-electron chi connectivity index (χ0n) is 19.7. The molecule has 2 fully saturated rings. The third-order valence-electron chi connectivity index (χ3n) is 7.52. The lowest BCUT2D eigenvalue weighted by Crippen LogP contribution is -2.36. The lowest BCUT2D eigenvalue weighted by atomic mass is 9.65. The van der Waals surface area contributed by atoms with E-state index in [1.807, 2.05) is 0 Å². The van der Waals surface area contributed by atoms with Crippen molar-refractivity contribution >= 4 is 21.6 Å². The monoisotopic (exact) mass is 507 g/mol. The zero-order valence-corrected chi connectivity index (χ0v) is 20.5. The number of pyridine rings is 1. The average molecular weight is 508 g/mol. The summed E-state index contributed by atoms with van der Waals surface area (Å²) in [4.78, 5) is 17.2. The Hall–Kier alpha value is -2.59. The lowest BCUT2D eigenvalue weighted by molar-refractivity contribution is -0.122. The van der Waals surface area contributed by atoms with Crippen molar-refractivity contribution in [3.8, 4) is 5.75 Å². The molecule has 1 aromatic carbocycles. The molecule has 7 nitrogen and oxygen atoms in total. The third kappa shape index (κ3) is 5.64. The van der Waals surface area contributed by atoms with Gasteiger partial charge in [-0.25, -0.2) is 22.9 Å². The first kappa shape index (κ1) is 25.5. The summed E-state index contributed by atoms with van der Waals surface area (Å²) in [5, 5.41) is 7.58. The first-order chi connectivity index (χ1) is 16.7. The van der Waals surface area contributed by atoms with Crippen LogP contribution in [0.4, 0.5) is 14.5 Å². The van der Waals surface area contributed by atoms with E-state index >= 15 is 0 Å². The number of nitrogens with one attached hydrogen (secondary N) is 1. The molecule has 0 bridgehead atoms. The maximum atomic E-state index is 14.6. The van der Waals surface area contributed by atoms with Gasteiger partial charge in [0.1, 0.15) is 0 Å². The number of rotatable bonds is 6. The van der Waals surface area contributed by atoms with E-state index in [2.05, 4.69) is 10.3 Å². The Morgan fingerprint density at radius 2 is 1.83 bits per heavy atom. The highest BCUT2D eigenvalue weighted by molar-refractivity contribution is 7.89. The summed E-state index contributed by atoms with van der Waals surface area (Å²) in [5.74, 6) is -2.51. The number of aromatic nitrogens is 1. The second-order valence-electron chi connectivity index (χ2n) is 9.59. The summed E-state index contributed by atoms with van der Waals surface area (Å²) in [6, 6.07) is 5.27. The van der Waals surface area contributed by atoms with E-state index in [1.165, 1.54) is 50.8 Å². The first-order valence-electron chi connectivity index (χ1n) is 12.0. The molecule has 0 spiro atoms. The van der Waals surface area contributed by atoms with Gasteiger partial charge in [0, 0.05) is 29.4 Å². The van der Waals surface area contributed by atoms with Gasteiger partial charge in [-0.1, -0.05) is 38.2 Å². The summed E-state index contributed by atoms with van der Waals surface area (Å²) >= 11 is 0. The van der Waals surface area contributed by atoms with Crippen LogP contribution in [0.3, 0.4) is 0 Å². The molecule has 10 heteroatoms. The molecular formula is C25H31F2N3O4S. The van der Waals surface area contributed by atoms with Crippen LogP contribution in [0.1, 0.15) is 62.8 Å². The Morgan fingerprint density at radius 1 is 1.09 bits per heavy atom. The minimum Gasteiger partial charge on any atom is -0.493 e. The van der Waals surface area contributed by atoms with Gasteiger partial charge in [-0.15, -0.1) is 0 Å². The summed E-state index contributed by atoms with van der Waals surface area (Å²) < 4.78 is 57.1. The molecule has 0 radical (unpaired) electrons. The molecule has 1 aromatic heterocycles. The number of primary sulfonamides is 1. The Labute approximate surface area is 204 Å². The van der Waals surface area contributed by atoms with Gasteiger partial charge in [0.2, 0.25) is 11.7 Å². The van der Waals surface area contributed by atoms with E-state index < -0.39 is 27.6 Å². The molecule has 1 heterocycles. The SMILES string of the molecule is COc1c([C@H]2C[C@H](C3CCCCC3)CCC2C(=O)Nc2ccnc(S(N)(=O)=O)c2)ccc(F)c1F. The van der Waals surface area contributed by atoms with Gasteiger partial charge in [-0.05, 0) is 49.1 Å². The van der Waals surface area contributed by atoms with E-state index in [-0.39, 0.29) is 28.3 Å². The predicted molar refractivity (Wildman–Crippen MR) is 127 cm³/mol. The third-order valence-corrected chi connectivity index (χ3v) is 8.33. The van der Waals surface area contributed by atoms with E-state index in [9.17, 15) is 22.0 Å². The van der Waals surface area contributed by atoms with Crippen molar-refractivity contribution < 1.29 is 26.7 Å². The molecule has 4 rings (SSSR count). The minimum absolute atomic E-state index is 0.169. The number of carbonyl (C=O) groups excluding carboxylic acids is 1. The number of nitrogens with zero attached hydrogens (tertiary/aromatic N) is 1. The number of methoxy groups -OCH3 is 1. The standard InChI is InChI=1S/C25H31F2N3O4S/c1-34-24-18(9-10-21(26)23(24)27)20-13-16(15-5-3-2-4-6-15)7-8-19(20)25(31)30-17-11-12-29-22(14-17)35(28,32)33/h9-12,14-16,19-20H,2-8,13H2,1H3,(H2,28,32,33)(H,29,30,31)/t16-,19?,20-/m1/s1. The van der Waals surface area contributed by atoms with Crippen molar-refractivity contribution in [3.63, 3.8) is 0 Å². The molecular weight excluding hydrogens is 476 g/mol. The highest BCUT2D eigenvalue weighted by Gasteiger charge is 2.40. The lowest BCUT2D eigenvalue weighted by Gasteiger charge is -2.40. The maximum absolute atomic E-state index is 14.6. The van der Waals surface area contributed by atoms with Gasteiger partial charge < -0.3 is 10.1 Å². The van der Waals surface area contributed by atoms with Crippen LogP contribution in [0.5, 0.6) is 5.75 Å². The molecule has 0 saturated heterocycles. The van der Waals surface area contributed by atoms with Gasteiger partial charge in [0.15, 0.2) is 16.6 Å². The molecule has 1 amide bonds. The van der Waals surface area contributed by atoms with E-state index in [4.69, 9.17) is 9.88 Å². The predicted octanol–water partition coefficient (Wildman–Crippen LogP) is 4.73. The van der Waals surface area contributed by atoms with Crippen LogP contribution in [-0.2, 0) is 14.8 Å². The molecule has 2 aromatic rings. The van der Waals surface area contributed by atoms with Gasteiger partial charge in [0.25, 0.3) is 10.0 Å². The number of benzene rings is 1. The van der Waals surface area contributed by atoms with Crippen molar-refractivity contribution in [2.24, 2.45) is 22.9 Å². The summed E-state index contributed by atoms with van der Waals surface area (Å²) in [7, 11) is -2.74. The second-order valence-corrected chi connectivity index (χ2v) is 11.1. The molecule has 3 atom stereocenters. The number of halogens is 2. The van der Waals surface area contributed by atoms with Crippen molar-refractivity contribution in [1.29, 1.82) is 0 Å². The first-order valence-corrected chi connectivity index (χ1v) is 13.5. The van der Waals surface area contributed by atoms with Gasteiger partial charge >= 0.3 is 0 Å². The van der Waals surface area contributed by atoms with E-state index in [0.29, 0.717) is 30.2 Å². The molecule has 0 aliphatic heterocycles. The topological polar surface area (TPSA) is 111 Å². The number of hydrogen-bond donors (Lipinski definition) is 2. The summed E-state index contributed by atoms with van der Waals surface area (Å²) in [6.45, 7) is 0. The molecule has 2 aliphatic carbocycles. The maximum Gasteiger partial charge on any atom is 0.255 e. The Morgan fingerprint density at radius 3 is 2.51 bits per heavy atom. The van der Waals surface area contributed by atoms with Crippen LogP contribution >= 0.6 is 0 Å². The summed E-state index contributed by atoms with van der Waals surface area (Å²) in [6.07, 6.45) is 9.29. The van der Waals surface area contributed by atoms with Crippen molar-refractivity contribution in [1.82, 2.24) is 4.98 Å². The number of hydrogen-bond acceptors (Lipinski definition) is 5. The molecule has 2 saturated carbocycles. The fraction of sp³-hybridized carbons (Fsp3) is 0.520. The largest absolute Gasteiger partial charge is 0.493 e. The van der Waals surface area contributed by atoms with E-state index in [0.717, 1.165) is 25.3 Å². The molecule has 1 unspecified atom stereocenters. The van der Waals surface area contributed by atoms with Crippen LogP contribution in [-0.4, -0.2) is 26.4 Å². The number of anilines is 1. The van der Waals surface area contributed by atoms with Crippen molar-refractivity contribution in [2.75, 3.05) is 12.4 Å². The molecule has 2 aliphatic rings. The minimum atomic E-state index is -4.03. The second kappa shape index (κ2) is 10.6. The number of amides is 1. The Balaban J connectivity index is 1.64. The van der Waals surface area contributed by atoms with Crippen LogP contribution in [0.25, 0.3) is 0 Å². The van der Waals surface area contributed by atoms with Crippen LogP contribution in [0, 0.1) is 29.4 Å². The van der Waals surface area contributed by atoms with Crippen LogP contribution in [0.15, 0.2) is 35.5 Å². The highest BCUT2D eigenvalue weighted by Crippen LogP contribution is 2.49. The molecule has 35 heavy (non-hydrogen) atoms. The number of sulfonamides is 1. The average Bonchev–Trinajstić information content (AvgIpc) is 2.85. The fourth-order valence-corrected chi connectivity index (χ4v) is 6.32. The Kier molecular flexibility index (Phi) is 7.70. The quantitative estimate of drug-likeness (QED) is 0.587. The number of carbonyl (C=O) groups is 1.